The topological polar surface area (TPSA) is 108 Å². The van der Waals surface area contributed by atoms with Crippen molar-refractivity contribution in [1.29, 1.82) is 5.26 Å². The molecule has 2 unspecified atom stereocenters. The van der Waals surface area contributed by atoms with E-state index in [0.717, 1.165) is 6.20 Å². The molecule has 1 saturated heterocycles. The molecular weight excluding hydrogens is 567 g/mol. The molecule has 3 aromatic rings. The van der Waals surface area contributed by atoms with Gasteiger partial charge in [0.25, 0.3) is 12.3 Å². The Morgan fingerprint density at radius 3 is 2.62 bits per heavy atom. The number of anilines is 3. The summed E-state index contributed by atoms with van der Waals surface area (Å²) in [6.45, 7) is 6.21. The Bertz CT molecular complexity index is 1620. The fraction of sp³-hybridized carbons (Fsp3) is 0.379. The third-order valence-electron chi connectivity index (χ3n) is 7.84. The summed E-state index contributed by atoms with van der Waals surface area (Å²) >= 11 is 1.25. The van der Waals surface area contributed by atoms with E-state index in [9.17, 15) is 23.6 Å². The molecule has 13 heteroatoms. The molecule has 2 atom stereocenters. The largest absolute Gasteiger partial charge is 0.367 e. The first-order chi connectivity index (χ1) is 20.0. The third kappa shape index (κ3) is 5.91. The highest BCUT2D eigenvalue weighted by atomic mass is 32.1. The number of pyridine rings is 1. The molecule has 220 valence electrons. The smallest absolute Gasteiger partial charge is 0.264 e. The van der Waals surface area contributed by atoms with Crippen molar-refractivity contribution in [3.05, 3.63) is 74.4 Å². The van der Waals surface area contributed by atoms with Crippen LogP contribution in [0.1, 0.15) is 53.1 Å². The van der Waals surface area contributed by atoms with Crippen molar-refractivity contribution in [2.24, 2.45) is 0 Å². The maximum atomic E-state index is 15.9. The van der Waals surface area contributed by atoms with E-state index in [2.05, 4.69) is 40.1 Å². The zero-order valence-corrected chi connectivity index (χ0v) is 24.1. The Hall–Kier alpha value is -4.15. The first-order valence-corrected chi connectivity index (χ1v) is 14.3. The first-order valence-electron chi connectivity index (χ1n) is 13.5. The fourth-order valence-electron chi connectivity index (χ4n) is 5.39. The summed E-state index contributed by atoms with van der Waals surface area (Å²) in [4.78, 5) is 38.3. The van der Waals surface area contributed by atoms with Gasteiger partial charge in [0.05, 0.1) is 23.1 Å². The molecule has 2 aliphatic rings. The number of likely N-dealkylation sites (N-methyl/N-ethyl adjacent to an activating group) is 1. The Kier molecular flexibility index (Phi) is 8.38. The predicted molar refractivity (Wildman–Crippen MR) is 157 cm³/mol. The van der Waals surface area contributed by atoms with E-state index in [0.29, 0.717) is 59.9 Å². The van der Waals surface area contributed by atoms with Crippen LogP contribution in [0.4, 0.5) is 29.7 Å². The maximum Gasteiger partial charge on any atom is 0.264 e. The van der Waals surface area contributed by atoms with Crippen LogP contribution in [-0.2, 0) is 0 Å². The number of nitrogens with zero attached hydrogens (tertiary/aromatic N) is 5. The standard InChI is InChI=1S/C29H30F3N7O2S/c1-16-13-39(14-17(2)37(16)3)25-9-23(30)20(18-5-4-6-38(15-18)29-35-11-19(10-33)42-29)7-24(25)36-28(41)22-12-34-26(40)8-21(22)27(31)32/h5,7-9,11-12,16-17,27H,4,6,13-15H2,1-3H3,(H,34,40)(H,36,41). The summed E-state index contributed by atoms with van der Waals surface area (Å²) < 4.78 is 43.4. The number of H-pyrrole nitrogens is 1. The lowest BCUT2D eigenvalue weighted by Crippen LogP contribution is -2.55. The lowest BCUT2D eigenvalue weighted by Gasteiger charge is -2.44. The predicted octanol–water partition coefficient (Wildman–Crippen LogP) is 4.85. The first kappa shape index (κ1) is 29.3. The Labute approximate surface area is 244 Å². The molecule has 0 aliphatic carbocycles. The van der Waals surface area contributed by atoms with Gasteiger partial charge in [-0.3, -0.25) is 14.5 Å². The highest BCUT2D eigenvalue weighted by molar-refractivity contribution is 7.16. The van der Waals surface area contributed by atoms with Crippen molar-refractivity contribution < 1.29 is 18.0 Å². The molecule has 1 amide bonds. The minimum Gasteiger partial charge on any atom is -0.367 e. The van der Waals surface area contributed by atoms with Gasteiger partial charge in [0.1, 0.15) is 16.8 Å². The van der Waals surface area contributed by atoms with Crippen LogP contribution in [-0.4, -0.2) is 66.1 Å². The number of aromatic amines is 1. The molecule has 2 aliphatic heterocycles. The minimum atomic E-state index is -3.04. The van der Waals surface area contributed by atoms with Gasteiger partial charge in [0, 0.05) is 61.7 Å². The Morgan fingerprint density at radius 1 is 1.21 bits per heavy atom. The summed E-state index contributed by atoms with van der Waals surface area (Å²) in [5, 5.41) is 12.6. The van der Waals surface area contributed by atoms with Gasteiger partial charge in [-0.25, -0.2) is 18.2 Å². The number of piperazine rings is 1. The van der Waals surface area contributed by atoms with E-state index in [1.54, 1.807) is 6.07 Å². The van der Waals surface area contributed by atoms with E-state index in [4.69, 9.17) is 0 Å². The van der Waals surface area contributed by atoms with E-state index >= 15 is 4.39 Å². The van der Waals surface area contributed by atoms with Gasteiger partial charge >= 0.3 is 0 Å². The summed E-state index contributed by atoms with van der Waals surface area (Å²) in [6, 6.07) is 5.98. The quantitative estimate of drug-likeness (QED) is 0.418. The van der Waals surface area contributed by atoms with Crippen LogP contribution >= 0.6 is 11.3 Å². The van der Waals surface area contributed by atoms with Crippen LogP contribution in [0.2, 0.25) is 0 Å². The number of nitrogens with one attached hydrogen (secondary N) is 2. The second-order valence-electron chi connectivity index (χ2n) is 10.6. The van der Waals surface area contributed by atoms with Crippen molar-refractivity contribution >= 4 is 39.3 Å². The van der Waals surface area contributed by atoms with Crippen LogP contribution in [0.15, 0.2) is 41.5 Å². The maximum absolute atomic E-state index is 15.9. The van der Waals surface area contributed by atoms with Crippen molar-refractivity contribution in [2.75, 3.05) is 48.3 Å². The lowest BCUT2D eigenvalue weighted by molar-refractivity contribution is 0.101. The Balaban J connectivity index is 1.54. The summed E-state index contributed by atoms with van der Waals surface area (Å²) in [7, 11) is 2.02. The molecule has 4 heterocycles. The van der Waals surface area contributed by atoms with E-state index in [1.165, 1.54) is 23.6 Å². The molecule has 0 bridgehead atoms. The summed E-state index contributed by atoms with van der Waals surface area (Å²) in [5.41, 5.74) is -0.164. The zero-order chi connectivity index (χ0) is 30.1. The van der Waals surface area contributed by atoms with Crippen molar-refractivity contribution in [2.45, 2.75) is 38.8 Å². The SMILES string of the molecule is CC1CN(c2cc(F)c(C3=CCCN(c4ncc(C#N)s4)C3)cc2NC(=O)c2c[nH]c(=O)cc2C(F)F)CC(C)N1C. The van der Waals surface area contributed by atoms with Crippen LogP contribution in [0.5, 0.6) is 0 Å². The number of rotatable bonds is 6. The van der Waals surface area contributed by atoms with Crippen molar-refractivity contribution in [1.82, 2.24) is 14.9 Å². The average molecular weight is 598 g/mol. The molecule has 1 aromatic carbocycles. The molecule has 1 fully saturated rings. The number of nitriles is 1. The average Bonchev–Trinajstić information content (AvgIpc) is 3.46. The van der Waals surface area contributed by atoms with Crippen LogP contribution in [0.25, 0.3) is 5.57 Å². The number of carbonyl (C=O) groups is 1. The van der Waals surface area contributed by atoms with Gasteiger partial charge in [0.2, 0.25) is 5.56 Å². The zero-order valence-electron chi connectivity index (χ0n) is 23.3. The van der Waals surface area contributed by atoms with E-state index in [1.807, 2.05) is 22.9 Å². The summed E-state index contributed by atoms with van der Waals surface area (Å²) in [6.07, 6.45) is 1.97. The molecule has 2 N–H and O–H groups in total. The highest BCUT2D eigenvalue weighted by Gasteiger charge is 2.30. The number of halogens is 3. The molecule has 2 aromatic heterocycles. The molecular formula is C29H30F3N7O2S. The number of hydrogen-bond acceptors (Lipinski definition) is 8. The normalized spacial score (nSPS) is 19.5. The lowest BCUT2D eigenvalue weighted by atomic mass is 9.98. The molecule has 0 radical (unpaired) electrons. The second kappa shape index (κ2) is 12.0. The van der Waals surface area contributed by atoms with Crippen LogP contribution in [0, 0.1) is 17.1 Å². The monoisotopic (exact) mass is 597 g/mol. The van der Waals surface area contributed by atoms with Crippen molar-refractivity contribution in [3.8, 4) is 6.07 Å². The minimum absolute atomic E-state index is 0.135. The fourth-order valence-corrected chi connectivity index (χ4v) is 6.13. The van der Waals surface area contributed by atoms with Crippen LogP contribution < -0.4 is 20.7 Å². The molecule has 0 saturated carbocycles. The van der Waals surface area contributed by atoms with Gasteiger partial charge in [-0.2, -0.15) is 5.26 Å². The number of carbonyl (C=O) groups excluding carboxylic acids is 1. The number of amides is 1. The number of hydrogen-bond donors (Lipinski definition) is 2. The Morgan fingerprint density at radius 2 is 1.95 bits per heavy atom. The molecule has 42 heavy (non-hydrogen) atoms. The second-order valence-corrected chi connectivity index (χ2v) is 11.6. The van der Waals surface area contributed by atoms with Gasteiger partial charge in [0.15, 0.2) is 5.13 Å². The third-order valence-corrected chi connectivity index (χ3v) is 8.80. The van der Waals surface area contributed by atoms with Gasteiger partial charge in [-0.1, -0.05) is 17.4 Å². The van der Waals surface area contributed by atoms with Crippen LogP contribution in [0.3, 0.4) is 0 Å². The van der Waals surface area contributed by atoms with E-state index < -0.39 is 29.3 Å². The molecule has 5 rings (SSSR count). The summed E-state index contributed by atoms with van der Waals surface area (Å²) in [5.74, 6) is -1.33. The van der Waals surface area contributed by atoms with Gasteiger partial charge < -0.3 is 20.1 Å². The molecule has 0 spiro atoms. The number of thiazole rings is 1. The van der Waals surface area contributed by atoms with E-state index in [-0.39, 0.29) is 28.9 Å². The molecule has 9 nitrogen and oxygen atoms in total. The number of alkyl halides is 2. The van der Waals surface area contributed by atoms with Gasteiger partial charge in [-0.15, -0.1) is 0 Å². The van der Waals surface area contributed by atoms with Crippen molar-refractivity contribution in [3.63, 3.8) is 0 Å². The number of aromatic nitrogens is 2. The van der Waals surface area contributed by atoms with Gasteiger partial charge in [-0.05, 0) is 45.0 Å². The number of benzene rings is 1. The highest BCUT2D eigenvalue weighted by Crippen LogP contribution is 2.37.